The molecule has 4 atom stereocenters. The van der Waals surface area contributed by atoms with E-state index in [9.17, 15) is 0 Å². The number of fused-ring (bicyclic) bond motifs is 2. The second-order valence-corrected chi connectivity index (χ2v) is 6.10. The summed E-state index contributed by atoms with van der Waals surface area (Å²) in [6.45, 7) is 2.23. The number of rotatable bonds is 3. The van der Waals surface area contributed by atoms with Gasteiger partial charge >= 0.3 is 0 Å². The quantitative estimate of drug-likeness (QED) is 0.848. The third kappa shape index (κ3) is 2.23. The molecule has 2 heteroatoms. The summed E-state index contributed by atoms with van der Waals surface area (Å²) < 4.78 is 0. The molecule has 0 heterocycles. The average Bonchev–Trinajstić information content (AvgIpc) is 2.91. The van der Waals surface area contributed by atoms with Gasteiger partial charge in [-0.1, -0.05) is 36.2 Å². The second kappa shape index (κ2) is 4.62. The van der Waals surface area contributed by atoms with Crippen LogP contribution < -0.4 is 5.32 Å². The van der Waals surface area contributed by atoms with Crippen molar-refractivity contribution in [2.45, 2.75) is 44.7 Å². The third-order valence-corrected chi connectivity index (χ3v) is 4.92. The van der Waals surface area contributed by atoms with Crippen molar-refractivity contribution in [1.29, 1.82) is 0 Å². The fraction of sp³-hybridized carbons (Fsp3) is 0.600. The fourth-order valence-electron chi connectivity index (χ4n) is 3.69. The van der Waals surface area contributed by atoms with Gasteiger partial charge in [-0.15, -0.1) is 0 Å². The van der Waals surface area contributed by atoms with Crippen LogP contribution in [-0.4, -0.2) is 6.04 Å². The highest BCUT2D eigenvalue weighted by Crippen LogP contribution is 2.45. The first-order chi connectivity index (χ1) is 8.24. The largest absolute Gasteiger partial charge is 0.307 e. The Bertz CT molecular complexity index is 404. The number of hydrogen-bond acceptors (Lipinski definition) is 1. The molecule has 2 aliphatic carbocycles. The SMILES string of the molecule is C[C@@H](NC1CC2CCC1C2)c1ccccc1Cl. The van der Waals surface area contributed by atoms with E-state index in [4.69, 9.17) is 11.6 Å². The smallest absolute Gasteiger partial charge is 0.0453 e. The van der Waals surface area contributed by atoms with Gasteiger partial charge in [0.05, 0.1) is 0 Å². The van der Waals surface area contributed by atoms with Crippen molar-refractivity contribution in [1.82, 2.24) is 5.32 Å². The Morgan fingerprint density at radius 1 is 1.24 bits per heavy atom. The summed E-state index contributed by atoms with van der Waals surface area (Å²) >= 11 is 6.24. The molecule has 1 aromatic rings. The molecule has 1 nitrogen and oxygen atoms in total. The van der Waals surface area contributed by atoms with Gasteiger partial charge in [0.15, 0.2) is 0 Å². The summed E-state index contributed by atoms with van der Waals surface area (Å²) in [5, 5.41) is 4.67. The highest BCUT2D eigenvalue weighted by Gasteiger charge is 2.39. The monoisotopic (exact) mass is 249 g/mol. The van der Waals surface area contributed by atoms with Crippen LogP contribution in [0.4, 0.5) is 0 Å². The number of nitrogens with one attached hydrogen (secondary N) is 1. The zero-order valence-electron chi connectivity index (χ0n) is 10.3. The summed E-state index contributed by atoms with van der Waals surface area (Å²) in [6.07, 6.45) is 5.72. The van der Waals surface area contributed by atoms with Crippen molar-refractivity contribution in [3.8, 4) is 0 Å². The van der Waals surface area contributed by atoms with Crippen LogP contribution in [0.3, 0.4) is 0 Å². The molecule has 0 aliphatic heterocycles. The van der Waals surface area contributed by atoms with Crippen molar-refractivity contribution in [3.05, 3.63) is 34.9 Å². The first-order valence-corrected chi connectivity index (χ1v) is 7.12. The van der Waals surface area contributed by atoms with E-state index < -0.39 is 0 Å². The van der Waals surface area contributed by atoms with Crippen LogP contribution in [-0.2, 0) is 0 Å². The van der Waals surface area contributed by atoms with Crippen molar-refractivity contribution in [3.63, 3.8) is 0 Å². The Labute approximate surface area is 109 Å². The number of hydrogen-bond donors (Lipinski definition) is 1. The van der Waals surface area contributed by atoms with Gasteiger partial charge < -0.3 is 5.32 Å². The second-order valence-electron chi connectivity index (χ2n) is 5.69. The van der Waals surface area contributed by atoms with Crippen LogP contribution in [0.15, 0.2) is 24.3 Å². The van der Waals surface area contributed by atoms with E-state index in [1.807, 2.05) is 12.1 Å². The minimum Gasteiger partial charge on any atom is -0.307 e. The van der Waals surface area contributed by atoms with Gasteiger partial charge in [0.2, 0.25) is 0 Å². The number of halogens is 1. The summed E-state index contributed by atoms with van der Waals surface area (Å²) in [6, 6.07) is 9.27. The third-order valence-electron chi connectivity index (χ3n) is 4.57. The van der Waals surface area contributed by atoms with Gasteiger partial charge in [0.1, 0.15) is 0 Å². The summed E-state index contributed by atoms with van der Waals surface area (Å²) in [5.41, 5.74) is 1.23. The van der Waals surface area contributed by atoms with Gasteiger partial charge in [0, 0.05) is 17.1 Å². The lowest BCUT2D eigenvalue weighted by molar-refractivity contribution is 0.327. The zero-order valence-corrected chi connectivity index (χ0v) is 11.1. The molecule has 0 saturated heterocycles. The molecule has 3 rings (SSSR count). The Hall–Kier alpha value is -0.530. The van der Waals surface area contributed by atoms with Gasteiger partial charge in [0.25, 0.3) is 0 Å². The van der Waals surface area contributed by atoms with Crippen LogP contribution in [0.2, 0.25) is 5.02 Å². The molecular formula is C15H20ClN. The molecule has 0 aromatic heterocycles. The van der Waals surface area contributed by atoms with Crippen molar-refractivity contribution >= 4 is 11.6 Å². The Morgan fingerprint density at radius 3 is 2.71 bits per heavy atom. The lowest BCUT2D eigenvalue weighted by atomic mass is 9.94. The minimum absolute atomic E-state index is 0.369. The molecule has 0 amide bonds. The van der Waals surface area contributed by atoms with Crippen LogP contribution >= 0.6 is 11.6 Å². The van der Waals surface area contributed by atoms with E-state index >= 15 is 0 Å². The van der Waals surface area contributed by atoms with Crippen molar-refractivity contribution in [2.75, 3.05) is 0 Å². The molecule has 17 heavy (non-hydrogen) atoms. The molecule has 2 aliphatic rings. The van der Waals surface area contributed by atoms with Gasteiger partial charge in [-0.25, -0.2) is 0 Å². The Kier molecular flexibility index (Phi) is 3.14. The summed E-state index contributed by atoms with van der Waals surface area (Å²) in [5.74, 6) is 1.92. The molecule has 1 N–H and O–H groups in total. The Balaban J connectivity index is 1.68. The van der Waals surface area contributed by atoms with Gasteiger partial charge in [-0.2, -0.15) is 0 Å². The normalized spacial score (nSPS) is 32.9. The zero-order chi connectivity index (χ0) is 11.8. The maximum Gasteiger partial charge on any atom is 0.0453 e. The average molecular weight is 250 g/mol. The fourth-order valence-corrected chi connectivity index (χ4v) is 3.99. The topological polar surface area (TPSA) is 12.0 Å². The summed E-state index contributed by atoms with van der Waals surface area (Å²) in [4.78, 5) is 0. The lowest BCUT2D eigenvalue weighted by Crippen LogP contribution is -2.35. The first-order valence-electron chi connectivity index (χ1n) is 6.74. The highest BCUT2D eigenvalue weighted by atomic mass is 35.5. The predicted octanol–water partition coefficient (Wildman–Crippen LogP) is 4.18. The maximum atomic E-state index is 6.24. The molecular weight excluding hydrogens is 230 g/mol. The van der Waals surface area contributed by atoms with E-state index in [2.05, 4.69) is 24.4 Å². The predicted molar refractivity (Wildman–Crippen MR) is 72.2 cm³/mol. The Morgan fingerprint density at radius 2 is 2.06 bits per heavy atom. The van der Waals surface area contributed by atoms with Gasteiger partial charge in [-0.05, 0) is 49.7 Å². The molecule has 0 radical (unpaired) electrons. The van der Waals surface area contributed by atoms with E-state index in [1.54, 1.807) is 0 Å². The molecule has 3 unspecified atom stereocenters. The standard InChI is InChI=1S/C15H20ClN/c1-10(13-4-2-3-5-14(13)16)17-15-9-11-6-7-12(15)8-11/h2-5,10-12,15,17H,6-9H2,1H3/t10-,11?,12?,15?/m1/s1. The first kappa shape index (κ1) is 11.6. The molecule has 2 saturated carbocycles. The van der Waals surface area contributed by atoms with Crippen LogP contribution in [0.25, 0.3) is 0 Å². The van der Waals surface area contributed by atoms with E-state index in [0.717, 1.165) is 22.9 Å². The minimum atomic E-state index is 0.369. The summed E-state index contributed by atoms with van der Waals surface area (Å²) in [7, 11) is 0. The van der Waals surface area contributed by atoms with E-state index in [1.165, 1.54) is 31.2 Å². The maximum absolute atomic E-state index is 6.24. The van der Waals surface area contributed by atoms with Crippen molar-refractivity contribution in [2.24, 2.45) is 11.8 Å². The van der Waals surface area contributed by atoms with E-state index in [-0.39, 0.29) is 0 Å². The lowest BCUT2D eigenvalue weighted by Gasteiger charge is -2.27. The van der Waals surface area contributed by atoms with Crippen molar-refractivity contribution < 1.29 is 0 Å². The van der Waals surface area contributed by atoms with Crippen LogP contribution in [0, 0.1) is 11.8 Å². The van der Waals surface area contributed by atoms with Gasteiger partial charge in [-0.3, -0.25) is 0 Å². The molecule has 2 fully saturated rings. The van der Waals surface area contributed by atoms with Crippen LogP contribution in [0.1, 0.15) is 44.2 Å². The van der Waals surface area contributed by atoms with E-state index in [0.29, 0.717) is 6.04 Å². The molecule has 92 valence electrons. The number of benzene rings is 1. The molecule has 2 bridgehead atoms. The molecule has 0 spiro atoms. The molecule has 1 aromatic carbocycles. The highest BCUT2D eigenvalue weighted by molar-refractivity contribution is 6.31. The van der Waals surface area contributed by atoms with Crippen LogP contribution in [0.5, 0.6) is 0 Å².